The van der Waals surface area contributed by atoms with Crippen molar-refractivity contribution in [1.82, 2.24) is 9.97 Å². The van der Waals surface area contributed by atoms with Crippen LogP contribution < -0.4 is 4.90 Å². The Morgan fingerprint density at radius 1 is 0.488 bits per heavy atom. The maximum Gasteiger partial charge on any atom is 0.137 e. The van der Waals surface area contributed by atoms with Gasteiger partial charge in [-0.2, -0.15) is 0 Å². The summed E-state index contributed by atoms with van der Waals surface area (Å²) in [7, 11) is 0. The van der Waals surface area contributed by atoms with Crippen LogP contribution in [-0.4, -0.2) is 9.97 Å². The molecule has 0 unspecified atom stereocenters. The average molecular weight is 556 g/mol. The first-order chi connectivity index (χ1) is 21.0. The van der Waals surface area contributed by atoms with Crippen LogP contribution in [0.3, 0.4) is 0 Å². The molecule has 2 aromatic heterocycles. The van der Waals surface area contributed by atoms with Crippen molar-refractivity contribution in [2.75, 3.05) is 4.90 Å². The minimum atomic E-state index is -0.0498. The average Bonchev–Trinajstić information content (AvgIpc) is 3.05. The summed E-state index contributed by atoms with van der Waals surface area (Å²) >= 11 is 0. The van der Waals surface area contributed by atoms with Crippen LogP contribution in [0.4, 0.5) is 17.2 Å². The van der Waals surface area contributed by atoms with Gasteiger partial charge in [0.05, 0.1) is 5.69 Å². The van der Waals surface area contributed by atoms with Crippen LogP contribution >= 0.6 is 0 Å². The standard InChI is InChI=1S/C40H33N3/c1-40(2,3)36-21-13-22-37(42-36)43(29-14-5-4-6-15-29)30-25-23-28(24-26-30)38-31-16-7-9-18-33(31)39(35-20-11-12-27-41-35)34-19-10-8-17-32(34)38/h4-27H,1-3H3. The summed E-state index contributed by atoms with van der Waals surface area (Å²) in [4.78, 5) is 12.1. The maximum atomic E-state index is 5.12. The van der Waals surface area contributed by atoms with Crippen molar-refractivity contribution < 1.29 is 0 Å². The van der Waals surface area contributed by atoms with E-state index in [1.54, 1.807) is 0 Å². The topological polar surface area (TPSA) is 29.0 Å². The van der Waals surface area contributed by atoms with Gasteiger partial charge in [0.1, 0.15) is 5.82 Å². The van der Waals surface area contributed by atoms with E-state index in [-0.39, 0.29) is 5.41 Å². The molecule has 5 aromatic carbocycles. The molecule has 7 rings (SSSR count). The lowest BCUT2D eigenvalue weighted by Crippen LogP contribution is -2.17. The van der Waals surface area contributed by atoms with E-state index < -0.39 is 0 Å². The van der Waals surface area contributed by atoms with Crippen LogP contribution in [0.1, 0.15) is 26.5 Å². The molecular weight excluding hydrogens is 522 g/mol. The van der Waals surface area contributed by atoms with Gasteiger partial charge in [-0.1, -0.05) is 112 Å². The summed E-state index contributed by atoms with van der Waals surface area (Å²) in [6.07, 6.45) is 1.87. The summed E-state index contributed by atoms with van der Waals surface area (Å²) < 4.78 is 0. The third kappa shape index (κ3) is 4.93. The first-order valence-electron chi connectivity index (χ1n) is 14.8. The first kappa shape index (κ1) is 26.6. The highest BCUT2D eigenvalue weighted by molar-refractivity contribution is 6.21. The van der Waals surface area contributed by atoms with Crippen molar-refractivity contribution in [3.05, 3.63) is 151 Å². The summed E-state index contributed by atoms with van der Waals surface area (Å²) in [5, 5.41) is 4.84. The van der Waals surface area contributed by atoms with Gasteiger partial charge in [-0.15, -0.1) is 0 Å². The fourth-order valence-electron chi connectivity index (χ4n) is 5.96. The molecule has 0 radical (unpaired) electrons. The van der Waals surface area contributed by atoms with Crippen molar-refractivity contribution in [1.29, 1.82) is 0 Å². The van der Waals surface area contributed by atoms with Gasteiger partial charge in [0.2, 0.25) is 0 Å². The van der Waals surface area contributed by atoms with E-state index in [2.05, 4.69) is 159 Å². The second-order valence-corrected chi connectivity index (χ2v) is 11.9. The lowest BCUT2D eigenvalue weighted by Gasteiger charge is -2.27. The van der Waals surface area contributed by atoms with E-state index in [1.165, 1.54) is 38.2 Å². The highest BCUT2D eigenvalue weighted by atomic mass is 15.2. The van der Waals surface area contributed by atoms with Crippen LogP contribution in [0.15, 0.2) is 146 Å². The van der Waals surface area contributed by atoms with Gasteiger partial charge in [0.25, 0.3) is 0 Å². The molecule has 3 nitrogen and oxygen atoms in total. The molecule has 0 aliphatic rings. The van der Waals surface area contributed by atoms with Gasteiger partial charge in [-0.25, -0.2) is 4.98 Å². The molecule has 0 bridgehead atoms. The van der Waals surface area contributed by atoms with Crippen LogP contribution in [0.2, 0.25) is 0 Å². The molecule has 0 aliphatic heterocycles. The van der Waals surface area contributed by atoms with Crippen molar-refractivity contribution in [3.8, 4) is 22.4 Å². The van der Waals surface area contributed by atoms with E-state index in [0.717, 1.165) is 28.6 Å². The van der Waals surface area contributed by atoms with Gasteiger partial charge in [0, 0.05) is 34.2 Å². The number of anilines is 3. The van der Waals surface area contributed by atoms with Gasteiger partial charge in [-0.3, -0.25) is 9.88 Å². The fourth-order valence-corrected chi connectivity index (χ4v) is 5.96. The third-order valence-electron chi connectivity index (χ3n) is 8.01. The number of para-hydroxylation sites is 1. The molecule has 7 aromatic rings. The Morgan fingerprint density at radius 2 is 1.05 bits per heavy atom. The van der Waals surface area contributed by atoms with Crippen LogP contribution in [0.25, 0.3) is 43.9 Å². The molecule has 3 heteroatoms. The molecule has 2 heterocycles. The monoisotopic (exact) mass is 555 g/mol. The molecule has 0 aliphatic carbocycles. The zero-order valence-corrected chi connectivity index (χ0v) is 24.7. The molecule has 0 fully saturated rings. The fraction of sp³-hybridized carbons (Fsp3) is 0.100. The number of hydrogen-bond donors (Lipinski definition) is 0. The Hall–Kier alpha value is -5.28. The largest absolute Gasteiger partial charge is 0.295 e. The smallest absolute Gasteiger partial charge is 0.137 e. The van der Waals surface area contributed by atoms with Crippen molar-refractivity contribution in [2.24, 2.45) is 0 Å². The minimum absolute atomic E-state index is 0.0498. The Bertz CT molecular complexity index is 1980. The predicted octanol–water partition coefficient (Wildman–Crippen LogP) is 10.9. The van der Waals surface area contributed by atoms with Crippen LogP contribution in [0.5, 0.6) is 0 Å². The number of nitrogens with zero attached hydrogens (tertiary/aromatic N) is 3. The zero-order chi connectivity index (χ0) is 29.4. The molecule has 43 heavy (non-hydrogen) atoms. The van der Waals surface area contributed by atoms with E-state index in [9.17, 15) is 0 Å². The Morgan fingerprint density at radius 3 is 1.63 bits per heavy atom. The highest BCUT2D eigenvalue weighted by Crippen LogP contribution is 2.44. The van der Waals surface area contributed by atoms with E-state index in [1.807, 2.05) is 12.3 Å². The SMILES string of the molecule is CC(C)(C)c1cccc(N(c2ccccc2)c2ccc(-c3c4ccccc4c(-c4ccccn4)c4ccccc34)cc2)n1. The lowest BCUT2D eigenvalue weighted by molar-refractivity contribution is 0.569. The molecule has 0 N–H and O–H groups in total. The molecule has 0 spiro atoms. The zero-order valence-electron chi connectivity index (χ0n) is 24.7. The van der Waals surface area contributed by atoms with Gasteiger partial charge >= 0.3 is 0 Å². The molecule has 0 atom stereocenters. The first-order valence-corrected chi connectivity index (χ1v) is 14.8. The quantitative estimate of drug-likeness (QED) is 0.198. The van der Waals surface area contributed by atoms with Crippen LogP contribution in [0, 0.1) is 0 Å². The van der Waals surface area contributed by atoms with Gasteiger partial charge in [-0.05, 0) is 81.2 Å². The number of fused-ring (bicyclic) bond motifs is 2. The summed E-state index contributed by atoms with van der Waals surface area (Å²) in [5.41, 5.74) is 7.72. The van der Waals surface area contributed by atoms with Gasteiger partial charge in [0.15, 0.2) is 0 Å². The van der Waals surface area contributed by atoms with Crippen LogP contribution in [-0.2, 0) is 5.41 Å². The summed E-state index contributed by atoms with van der Waals surface area (Å²) in [5.74, 6) is 0.905. The number of rotatable bonds is 5. The van der Waals surface area contributed by atoms with Crippen molar-refractivity contribution in [3.63, 3.8) is 0 Å². The Kier molecular flexibility index (Phi) is 6.71. The second-order valence-electron chi connectivity index (χ2n) is 11.9. The highest BCUT2D eigenvalue weighted by Gasteiger charge is 2.20. The molecule has 208 valence electrons. The normalized spacial score (nSPS) is 11.6. The van der Waals surface area contributed by atoms with E-state index in [0.29, 0.717) is 0 Å². The van der Waals surface area contributed by atoms with E-state index >= 15 is 0 Å². The second kappa shape index (κ2) is 10.8. The third-order valence-corrected chi connectivity index (χ3v) is 8.01. The Labute approximate surface area is 253 Å². The van der Waals surface area contributed by atoms with E-state index in [4.69, 9.17) is 9.97 Å². The number of benzene rings is 5. The van der Waals surface area contributed by atoms with Gasteiger partial charge < -0.3 is 0 Å². The van der Waals surface area contributed by atoms with Crippen molar-refractivity contribution in [2.45, 2.75) is 26.2 Å². The molecular formula is C40H33N3. The number of hydrogen-bond acceptors (Lipinski definition) is 3. The number of aromatic nitrogens is 2. The number of pyridine rings is 2. The molecule has 0 saturated carbocycles. The summed E-state index contributed by atoms with van der Waals surface area (Å²) in [6, 6.07) is 49.2. The predicted molar refractivity (Wildman–Crippen MR) is 181 cm³/mol. The Balaban J connectivity index is 1.41. The maximum absolute atomic E-state index is 5.12. The molecule has 0 amide bonds. The van der Waals surface area contributed by atoms with Crippen molar-refractivity contribution >= 4 is 38.7 Å². The lowest BCUT2D eigenvalue weighted by atomic mass is 9.87. The summed E-state index contributed by atoms with van der Waals surface area (Å²) in [6.45, 7) is 6.61. The molecule has 0 saturated heterocycles. The minimum Gasteiger partial charge on any atom is -0.295 e.